The Labute approximate surface area is 81.3 Å². The van der Waals surface area contributed by atoms with Crippen molar-refractivity contribution in [3.8, 4) is 0 Å². The fourth-order valence-corrected chi connectivity index (χ4v) is 2.89. The summed E-state index contributed by atoms with van der Waals surface area (Å²) in [5.74, 6) is 1.85. The lowest BCUT2D eigenvalue weighted by Crippen LogP contribution is -2.30. The Balaban J connectivity index is 1.89. The van der Waals surface area contributed by atoms with Crippen LogP contribution in [0, 0.1) is 11.8 Å². The molecule has 0 aromatic heterocycles. The second-order valence-electron chi connectivity index (χ2n) is 4.90. The van der Waals surface area contributed by atoms with Gasteiger partial charge in [0.05, 0.1) is 6.10 Å². The van der Waals surface area contributed by atoms with Gasteiger partial charge < -0.3 is 9.64 Å². The standard InChI is InChI=1S/C11H21NO/c1-8(2)12-6-9-4-11(13-3)5-10(9)7-12/h8-11H,4-7H2,1-3H3/t9-,10+,11?. The van der Waals surface area contributed by atoms with E-state index in [1.54, 1.807) is 0 Å². The highest BCUT2D eigenvalue weighted by atomic mass is 16.5. The molecule has 1 unspecified atom stereocenters. The molecule has 0 amide bonds. The van der Waals surface area contributed by atoms with E-state index in [1.807, 2.05) is 7.11 Å². The lowest BCUT2D eigenvalue weighted by molar-refractivity contribution is 0.0947. The van der Waals surface area contributed by atoms with Gasteiger partial charge in [-0.25, -0.2) is 0 Å². The summed E-state index contributed by atoms with van der Waals surface area (Å²) < 4.78 is 5.42. The molecule has 1 aliphatic carbocycles. The summed E-state index contributed by atoms with van der Waals surface area (Å²) in [5.41, 5.74) is 0. The summed E-state index contributed by atoms with van der Waals surface area (Å²) >= 11 is 0. The predicted molar refractivity (Wildman–Crippen MR) is 53.7 cm³/mol. The molecule has 1 heterocycles. The molecule has 76 valence electrons. The van der Waals surface area contributed by atoms with E-state index in [2.05, 4.69) is 18.7 Å². The lowest BCUT2D eigenvalue weighted by atomic mass is 10.0. The molecule has 1 saturated carbocycles. The smallest absolute Gasteiger partial charge is 0.0577 e. The van der Waals surface area contributed by atoms with Crippen molar-refractivity contribution in [3.05, 3.63) is 0 Å². The first-order valence-corrected chi connectivity index (χ1v) is 5.47. The highest BCUT2D eigenvalue weighted by molar-refractivity contribution is 4.93. The van der Waals surface area contributed by atoms with Crippen LogP contribution in [0.1, 0.15) is 26.7 Å². The molecule has 0 radical (unpaired) electrons. The summed E-state index contributed by atoms with van der Waals surface area (Å²) in [6.45, 7) is 7.22. The first kappa shape index (κ1) is 9.47. The van der Waals surface area contributed by atoms with Gasteiger partial charge in [-0.3, -0.25) is 0 Å². The number of rotatable bonds is 2. The van der Waals surface area contributed by atoms with Crippen LogP contribution in [-0.2, 0) is 4.74 Å². The third kappa shape index (κ3) is 1.75. The maximum absolute atomic E-state index is 5.42. The maximum Gasteiger partial charge on any atom is 0.0577 e. The van der Waals surface area contributed by atoms with Crippen LogP contribution < -0.4 is 0 Å². The minimum absolute atomic E-state index is 0.560. The molecule has 0 spiro atoms. The van der Waals surface area contributed by atoms with Gasteiger partial charge in [0.2, 0.25) is 0 Å². The molecule has 13 heavy (non-hydrogen) atoms. The quantitative estimate of drug-likeness (QED) is 0.646. The van der Waals surface area contributed by atoms with Crippen molar-refractivity contribution < 1.29 is 4.74 Å². The van der Waals surface area contributed by atoms with Crippen LogP contribution in [-0.4, -0.2) is 37.2 Å². The molecular weight excluding hydrogens is 162 g/mol. The lowest BCUT2D eigenvalue weighted by Gasteiger charge is -2.22. The summed E-state index contributed by atoms with van der Waals surface area (Å²) in [6, 6.07) is 0.728. The van der Waals surface area contributed by atoms with Crippen molar-refractivity contribution in [1.82, 2.24) is 4.90 Å². The first-order valence-electron chi connectivity index (χ1n) is 5.47. The van der Waals surface area contributed by atoms with Gasteiger partial charge in [-0.1, -0.05) is 0 Å². The van der Waals surface area contributed by atoms with E-state index in [9.17, 15) is 0 Å². The van der Waals surface area contributed by atoms with Crippen LogP contribution >= 0.6 is 0 Å². The van der Waals surface area contributed by atoms with E-state index in [0.717, 1.165) is 17.9 Å². The third-order valence-electron chi connectivity index (χ3n) is 3.80. The zero-order chi connectivity index (χ0) is 9.42. The van der Waals surface area contributed by atoms with E-state index in [1.165, 1.54) is 25.9 Å². The normalized spacial score (nSPS) is 40.2. The first-order chi connectivity index (χ1) is 6.20. The minimum atomic E-state index is 0.560. The third-order valence-corrected chi connectivity index (χ3v) is 3.80. The van der Waals surface area contributed by atoms with Crippen molar-refractivity contribution in [1.29, 1.82) is 0 Å². The molecule has 0 bridgehead atoms. The summed E-state index contributed by atoms with van der Waals surface area (Å²) in [5, 5.41) is 0. The van der Waals surface area contributed by atoms with Crippen LogP contribution in [0.2, 0.25) is 0 Å². The molecule has 1 saturated heterocycles. The highest BCUT2D eigenvalue weighted by Crippen LogP contribution is 2.39. The highest BCUT2D eigenvalue weighted by Gasteiger charge is 2.41. The Morgan fingerprint density at radius 1 is 1.15 bits per heavy atom. The topological polar surface area (TPSA) is 12.5 Å². The summed E-state index contributed by atoms with van der Waals surface area (Å²) in [4.78, 5) is 2.61. The SMILES string of the molecule is COC1C[C@@H]2CN(C(C)C)C[C@@H]2C1. The zero-order valence-electron chi connectivity index (χ0n) is 8.99. The number of likely N-dealkylation sites (tertiary alicyclic amines) is 1. The zero-order valence-corrected chi connectivity index (χ0v) is 8.99. The molecule has 0 aromatic rings. The maximum atomic E-state index is 5.42. The van der Waals surface area contributed by atoms with Crippen LogP contribution in [0.15, 0.2) is 0 Å². The van der Waals surface area contributed by atoms with Gasteiger partial charge in [-0.05, 0) is 38.5 Å². The fraction of sp³-hybridized carbons (Fsp3) is 1.00. The van der Waals surface area contributed by atoms with Gasteiger partial charge in [0.15, 0.2) is 0 Å². The Kier molecular flexibility index (Phi) is 2.61. The van der Waals surface area contributed by atoms with E-state index in [-0.39, 0.29) is 0 Å². The number of hydrogen-bond donors (Lipinski definition) is 0. The molecule has 2 fully saturated rings. The minimum Gasteiger partial charge on any atom is -0.381 e. The molecule has 2 heteroatoms. The molecule has 0 aromatic carbocycles. The molecule has 2 aliphatic rings. The van der Waals surface area contributed by atoms with Crippen molar-refractivity contribution >= 4 is 0 Å². The monoisotopic (exact) mass is 183 g/mol. The second kappa shape index (κ2) is 3.58. The molecule has 3 atom stereocenters. The van der Waals surface area contributed by atoms with E-state index in [4.69, 9.17) is 4.74 Å². The van der Waals surface area contributed by atoms with E-state index >= 15 is 0 Å². The predicted octanol–water partition coefficient (Wildman–Crippen LogP) is 1.75. The van der Waals surface area contributed by atoms with Gasteiger partial charge >= 0.3 is 0 Å². The van der Waals surface area contributed by atoms with Gasteiger partial charge in [0.25, 0.3) is 0 Å². The molecule has 2 rings (SSSR count). The van der Waals surface area contributed by atoms with Crippen molar-refractivity contribution in [3.63, 3.8) is 0 Å². The summed E-state index contributed by atoms with van der Waals surface area (Å²) in [6.07, 6.45) is 3.15. The average molecular weight is 183 g/mol. The van der Waals surface area contributed by atoms with Gasteiger partial charge in [-0.15, -0.1) is 0 Å². The number of ether oxygens (including phenoxy) is 1. The second-order valence-corrected chi connectivity index (χ2v) is 4.90. The Hall–Kier alpha value is -0.0800. The molecule has 0 N–H and O–H groups in total. The molecular formula is C11H21NO. The average Bonchev–Trinajstić information content (AvgIpc) is 2.58. The van der Waals surface area contributed by atoms with Crippen LogP contribution in [0.5, 0.6) is 0 Å². The van der Waals surface area contributed by atoms with Crippen molar-refractivity contribution in [2.24, 2.45) is 11.8 Å². The van der Waals surface area contributed by atoms with Crippen LogP contribution in [0.3, 0.4) is 0 Å². The number of fused-ring (bicyclic) bond motifs is 1. The number of hydrogen-bond acceptors (Lipinski definition) is 2. The molecule has 1 aliphatic heterocycles. The number of nitrogens with zero attached hydrogens (tertiary/aromatic N) is 1. The Morgan fingerprint density at radius 2 is 1.69 bits per heavy atom. The van der Waals surface area contributed by atoms with Gasteiger partial charge in [0.1, 0.15) is 0 Å². The Morgan fingerprint density at radius 3 is 2.08 bits per heavy atom. The molecule has 2 nitrogen and oxygen atoms in total. The van der Waals surface area contributed by atoms with Gasteiger partial charge in [0, 0.05) is 26.2 Å². The number of methoxy groups -OCH3 is 1. The van der Waals surface area contributed by atoms with Gasteiger partial charge in [-0.2, -0.15) is 0 Å². The van der Waals surface area contributed by atoms with Crippen LogP contribution in [0.25, 0.3) is 0 Å². The fourth-order valence-electron chi connectivity index (χ4n) is 2.89. The largest absolute Gasteiger partial charge is 0.381 e. The van der Waals surface area contributed by atoms with E-state index < -0.39 is 0 Å². The van der Waals surface area contributed by atoms with E-state index in [0.29, 0.717) is 6.10 Å². The van der Waals surface area contributed by atoms with Crippen LogP contribution in [0.4, 0.5) is 0 Å². The van der Waals surface area contributed by atoms with Crippen molar-refractivity contribution in [2.75, 3.05) is 20.2 Å². The Bertz CT molecular complexity index is 167. The van der Waals surface area contributed by atoms with Crippen molar-refractivity contribution in [2.45, 2.75) is 38.8 Å². The summed E-state index contributed by atoms with van der Waals surface area (Å²) in [7, 11) is 1.85.